The van der Waals surface area contributed by atoms with Gasteiger partial charge in [0.2, 0.25) is 0 Å². The van der Waals surface area contributed by atoms with Gasteiger partial charge in [0.1, 0.15) is 17.6 Å². The zero-order valence-electron chi connectivity index (χ0n) is 17.6. The van der Waals surface area contributed by atoms with Gasteiger partial charge in [0.25, 0.3) is 0 Å². The number of hydrogen-bond acceptors (Lipinski definition) is 4. The Hall–Kier alpha value is -2.89. The Morgan fingerprint density at radius 1 is 1.10 bits per heavy atom. The Morgan fingerprint density at radius 2 is 1.83 bits per heavy atom. The molecule has 2 aromatic carbocycles. The lowest BCUT2D eigenvalue weighted by atomic mass is 10.0. The zero-order valence-corrected chi connectivity index (χ0v) is 17.6. The Kier molecular flexibility index (Phi) is 7.61. The second-order valence-corrected chi connectivity index (χ2v) is 7.30. The first-order valence-electron chi connectivity index (χ1n) is 10.3. The third-order valence-corrected chi connectivity index (χ3v) is 5.12. The van der Waals surface area contributed by atoms with E-state index in [1.165, 1.54) is 5.69 Å². The molecule has 1 aliphatic heterocycles. The van der Waals surface area contributed by atoms with Crippen LogP contribution in [0.4, 0.5) is 5.69 Å². The lowest BCUT2D eigenvalue weighted by Gasteiger charge is -2.34. The largest absolute Gasteiger partial charge is 0.497 e. The van der Waals surface area contributed by atoms with Crippen LogP contribution in [0.2, 0.25) is 0 Å². The van der Waals surface area contributed by atoms with Gasteiger partial charge >= 0.3 is 0 Å². The smallest absolute Gasteiger partial charge is 0.191 e. The Morgan fingerprint density at radius 3 is 2.52 bits per heavy atom. The molecule has 29 heavy (non-hydrogen) atoms. The van der Waals surface area contributed by atoms with E-state index < -0.39 is 0 Å². The van der Waals surface area contributed by atoms with Gasteiger partial charge in [0.05, 0.1) is 13.7 Å². The molecule has 1 fully saturated rings. The molecule has 0 spiro atoms. The molecule has 0 bridgehead atoms. The predicted molar refractivity (Wildman–Crippen MR) is 119 cm³/mol. The summed E-state index contributed by atoms with van der Waals surface area (Å²) < 4.78 is 11.2. The van der Waals surface area contributed by atoms with Crippen LogP contribution in [0.3, 0.4) is 0 Å². The van der Waals surface area contributed by atoms with Gasteiger partial charge in [-0.3, -0.25) is 4.99 Å². The fourth-order valence-corrected chi connectivity index (χ4v) is 3.50. The van der Waals surface area contributed by atoms with Crippen LogP contribution >= 0.6 is 0 Å². The summed E-state index contributed by atoms with van der Waals surface area (Å²) in [5.74, 6) is 2.42. The van der Waals surface area contributed by atoms with E-state index in [9.17, 15) is 0 Å². The summed E-state index contributed by atoms with van der Waals surface area (Å²) in [7, 11) is 3.46. The van der Waals surface area contributed by atoms with Crippen molar-refractivity contribution < 1.29 is 9.47 Å². The van der Waals surface area contributed by atoms with E-state index in [4.69, 9.17) is 9.47 Å². The van der Waals surface area contributed by atoms with Gasteiger partial charge in [-0.15, -0.1) is 0 Å². The number of anilines is 1. The average Bonchev–Trinajstić information content (AvgIpc) is 2.77. The summed E-state index contributed by atoms with van der Waals surface area (Å²) in [4.78, 5) is 6.81. The van der Waals surface area contributed by atoms with Gasteiger partial charge in [-0.05, 0) is 44.0 Å². The Bertz CT molecular complexity index is 773. The van der Waals surface area contributed by atoms with Gasteiger partial charge in [-0.2, -0.15) is 0 Å². The number of aliphatic imine (C=N–C) groups is 1. The van der Waals surface area contributed by atoms with E-state index in [0.29, 0.717) is 12.6 Å². The highest BCUT2D eigenvalue weighted by Crippen LogP contribution is 2.20. The summed E-state index contributed by atoms with van der Waals surface area (Å²) >= 11 is 0. The summed E-state index contributed by atoms with van der Waals surface area (Å²) in [5, 5.41) is 6.93. The number of hydrogen-bond donors (Lipinski definition) is 2. The first-order valence-corrected chi connectivity index (χ1v) is 10.3. The topological polar surface area (TPSA) is 58.1 Å². The molecule has 2 aromatic rings. The van der Waals surface area contributed by atoms with E-state index in [1.54, 1.807) is 7.11 Å². The van der Waals surface area contributed by atoms with E-state index in [2.05, 4.69) is 50.9 Å². The molecule has 156 valence electrons. The molecule has 1 heterocycles. The molecule has 0 radical (unpaired) electrons. The van der Waals surface area contributed by atoms with E-state index >= 15 is 0 Å². The second kappa shape index (κ2) is 10.6. The first kappa shape index (κ1) is 20.8. The maximum Gasteiger partial charge on any atom is 0.191 e. The summed E-state index contributed by atoms with van der Waals surface area (Å²) in [6.07, 6.45) is 2.18. The third-order valence-electron chi connectivity index (χ3n) is 5.12. The van der Waals surface area contributed by atoms with E-state index in [0.717, 1.165) is 43.4 Å². The second-order valence-electron chi connectivity index (χ2n) is 7.30. The summed E-state index contributed by atoms with van der Waals surface area (Å²) in [6, 6.07) is 18.7. The van der Waals surface area contributed by atoms with Crippen molar-refractivity contribution in [1.82, 2.24) is 10.6 Å². The van der Waals surface area contributed by atoms with E-state index in [1.807, 2.05) is 38.2 Å². The van der Waals surface area contributed by atoms with Crippen molar-refractivity contribution in [2.45, 2.75) is 31.9 Å². The number of para-hydroxylation sites is 1. The number of methoxy groups -OCH3 is 1. The van der Waals surface area contributed by atoms with Crippen LogP contribution in [0.5, 0.6) is 11.5 Å². The predicted octanol–water partition coefficient (Wildman–Crippen LogP) is 3.30. The molecular weight excluding hydrogens is 364 g/mol. The normalized spacial score (nSPS) is 16.2. The fourth-order valence-electron chi connectivity index (χ4n) is 3.50. The standard InChI is InChI=1S/C23H32N4O2/c1-18(29-22-11-7-10-21(16-22)28-3)17-25-23(24-2)26-19-12-14-27(15-13-19)20-8-5-4-6-9-20/h4-11,16,18-19H,12-15,17H2,1-3H3,(H2,24,25,26). The van der Waals surface area contributed by atoms with Gasteiger partial charge in [0, 0.05) is 37.9 Å². The average molecular weight is 397 g/mol. The maximum absolute atomic E-state index is 5.97. The van der Waals surface area contributed by atoms with Gasteiger partial charge in [0.15, 0.2) is 5.96 Å². The molecule has 0 amide bonds. The zero-order chi connectivity index (χ0) is 20.5. The minimum atomic E-state index is 0.000541. The van der Waals surface area contributed by atoms with Crippen molar-refractivity contribution in [1.29, 1.82) is 0 Å². The first-order chi connectivity index (χ1) is 14.2. The molecule has 1 unspecified atom stereocenters. The van der Waals surface area contributed by atoms with Crippen LogP contribution in [-0.2, 0) is 0 Å². The fraction of sp³-hybridized carbons (Fsp3) is 0.435. The van der Waals surface area contributed by atoms with Crippen molar-refractivity contribution >= 4 is 11.6 Å². The van der Waals surface area contributed by atoms with Crippen LogP contribution in [0.25, 0.3) is 0 Å². The highest BCUT2D eigenvalue weighted by Gasteiger charge is 2.20. The molecule has 6 heteroatoms. The van der Waals surface area contributed by atoms with Crippen molar-refractivity contribution in [2.24, 2.45) is 4.99 Å². The lowest BCUT2D eigenvalue weighted by molar-refractivity contribution is 0.222. The molecular formula is C23H32N4O2. The van der Waals surface area contributed by atoms with Crippen LogP contribution in [0.15, 0.2) is 59.6 Å². The molecule has 6 nitrogen and oxygen atoms in total. The lowest BCUT2D eigenvalue weighted by Crippen LogP contribution is -2.50. The quantitative estimate of drug-likeness (QED) is 0.556. The van der Waals surface area contributed by atoms with Crippen LogP contribution in [0.1, 0.15) is 19.8 Å². The van der Waals surface area contributed by atoms with E-state index in [-0.39, 0.29) is 6.10 Å². The van der Waals surface area contributed by atoms with Gasteiger partial charge < -0.3 is 25.0 Å². The minimum absolute atomic E-state index is 0.000541. The Labute approximate surface area is 173 Å². The van der Waals surface area contributed by atoms with Crippen molar-refractivity contribution in [3.63, 3.8) is 0 Å². The molecule has 0 aromatic heterocycles. The van der Waals surface area contributed by atoms with Crippen molar-refractivity contribution in [3.8, 4) is 11.5 Å². The van der Waals surface area contributed by atoms with Crippen molar-refractivity contribution in [3.05, 3.63) is 54.6 Å². The SMILES string of the molecule is CN=C(NCC(C)Oc1cccc(OC)c1)NC1CCN(c2ccccc2)CC1. The molecule has 2 N–H and O–H groups in total. The van der Waals surface area contributed by atoms with Crippen molar-refractivity contribution in [2.75, 3.05) is 38.7 Å². The Balaban J connectivity index is 1.41. The highest BCUT2D eigenvalue weighted by atomic mass is 16.5. The number of guanidine groups is 1. The number of rotatable bonds is 7. The number of nitrogens with zero attached hydrogens (tertiary/aromatic N) is 2. The number of nitrogens with one attached hydrogen (secondary N) is 2. The van der Waals surface area contributed by atoms with Gasteiger partial charge in [-0.25, -0.2) is 0 Å². The maximum atomic E-state index is 5.97. The number of benzene rings is 2. The molecule has 0 saturated carbocycles. The highest BCUT2D eigenvalue weighted by molar-refractivity contribution is 5.80. The van der Waals surface area contributed by atoms with Crippen LogP contribution < -0.4 is 25.0 Å². The summed E-state index contributed by atoms with van der Waals surface area (Å²) in [6.45, 7) is 4.81. The molecule has 0 aliphatic carbocycles. The molecule has 3 rings (SSSR count). The molecule has 1 aliphatic rings. The molecule has 1 saturated heterocycles. The minimum Gasteiger partial charge on any atom is -0.497 e. The van der Waals surface area contributed by atoms with Crippen LogP contribution in [0, 0.1) is 0 Å². The molecule has 1 atom stereocenters. The number of piperidine rings is 1. The monoisotopic (exact) mass is 396 g/mol. The van der Waals surface area contributed by atoms with Crippen LogP contribution in [-0.4, -0.2) is 51.9 Å². The summed E-state index contributed by atoms with van der Waals surface area (Å²) in [5.41, 5.74) is 1.30. The van der Waals surface area contributed by atoms with Gasteiger partial charge in [-0.1, -0.05) is 24.3 Å². The third kappa shape index (κ3) is 6.31. The number of ether oxygens (including phenoxy) is 2.